The molecule has 0 aliphatic carbocycles. The van der Waals surface area contributed by atoms with Gasteiger partial charge in [0, 0.05) is 12.3 Å². The highest BCUT2D eigenvalue weighted by atomic mass is 16.3. The first-order valence-corrected chi connectivity index (χ1v) is 6.54. The van der Waals surface area contributed by atoms with Crippen LogP contribution in [-0.4, -0.2) is 5.91 Å². The number of carbonyl (C=O) groups is 1. The van der Waals surface area contributed by atoms with E-state index in [9.17, 15) is 4.79 Å². The van der Waals surface area contributed by atoms with Gasteiger partial charge in [-0.25, -0.2) is 0 Å². The molecule has 1 aromatic heterocycles. The Morgan fingerprint density at radius 2 is 1.75 bits per heavy atom. The summed E-state index contributed by atoms with van der Waals surface area (Å²) >= 11 is 0. The number of rotatable bonds is 3. The van der Waals surface area contributed by atoms with E-state index in [4.69, 9.17) is 4.42 Å². The van der Waals surface area contributed by atoms with E-state index in [0.717, 1.165) is 22.3 Å². The predicted molar refractivity (Wildman–Crippen MR) is 78.3 cm³/mol. The van der Waals surface area contributed by atoms with Crippen molar-refractivity contribution >= 4 is 16.9 Å². The molecule has 3 rings (SSSR count). The van der Waals surface area contributed by atoms with Gasteiger partial charge < -0.3 is 9.73 Å². The van der Waals surface area contributed by atoms with Gasteiger partial charge in [0.05, 0.1) is 0 Å². The zero-order valence-electron chi connectivity index (χ0n) is 11.2. The van der Waals surface area contributed by atoms with E-state index in [1.165, 1.54) is 6.92 Å². The number of fused-ring (bicyclic) bond motifs is 1. The minimum atomic E-state index is -0.263. The second-order valence-electron chi connectivity index (χ2n) is 4.73. The number of nitrogens with one attached hydrogen (secondary N) is 1. The van der Waals surface area contributed by atoms with E-state index in [1.54, 1.807) is 0 Å². The van der Waals surface area contributed by atoms with Gasteiger partial charge in [0.2, 0.25) is 5.91 Å². The van der Waals surface area contributed by atoms with Gasteiger partial charge >= 0.3 is 0 Å². The molecule has 3 nitrogen and oxygen atoms in total. The summed E-state index contributed by atoms with van der Waals surface area (Å²) in [4.78, 5) is 11.5. The Balaban J connectivity index is 2.06. The van der Waals surface area contributed by atoms with Gasteiger partial charge in [-0.05, 0) is 17.7 Å². The van der Waals surface area contributed by atoms with Crippen LogP contribution >= 0.6 is 0 Å². The topological polar surface area (TPSA) is 42.2 Å². The fourth-order valence-corrected chi connectivity index (χ4v) is 2.31. The highest BCUT2D eigenvalue weighted by molar-refractivity contribution is 5.79. The third-order valence-corrected chi connectivity index (χ3v) is 3.21. The van der Waals surface area contributed by atoms with Crippen LogP contribution in [0.5, 0.6) is 0 Å². The lowest BCUT2D eigenvalue weighted by molar-refractivity contribution is -0.119. The molecule has 0 aliphatic heterocycles. The fourth-order valence-electron chi connectivity index (χ4n) is 2.31. The van der Waals surface area contributed by atoms with Crippen molar-refractivity contribution in [3.05, 3.63) is 72.0 Å². The van der Waals surface area contributed by atoms with Crippen LogP contribution in [0.4, 0.5) is 0 Å². The van der Waals surface area contributed by atoms with Gasteiger partial charge in [-0.15, -0.1) is 0 Å². The molecule has 20 heavy (non-hydrogen) atoms. The molecule has 0 aliphatic rings. The minimum absolute atomic E-state index is 0.0840. The van der Waals surface area contributed by atoms with E-state index in [1.807, 2.05) is 60.7 Å². The van der Waals surface area contributed by atoms with Crippen molar-refractivity contribution in [1.29, 1.82) is 0 Å². The van der Waals surface area contributed by atoms with Crippen LogP contribution in [0.1, 0.15) is 24.3 Å². The Bertz CT molecular complexity index is 698. The van der Waals surface area contributed by atoms with E-state index < -0.39 is 0 Å². The van der Waals surface area contributed by atoms with Gasteiger partial charge in [0.25, 0.3) is 0 Å². The molecule has 0 spiro atoms. The number of benzene rings is 2. The van der Waals surface area contributed by atoms with Crippen molar-refractivity contribution in [3.63, 3.8) is 0 Å². The molecule has 0 bridgehead atoms. The van der Waals surface area contributed by atoms with Crippen molar-refractivity contribution in [2.24, 2.45) is 0 Å². The third-order valence-electron chi connectivity index (χ3n) is 3.21. The molecule has 1 atom stereocenters. The first-order chi connectivity index (χ1) is 9.74. The molecule has 1 heterocycles. The van der Waals surface area contributed by atoms with Gasteiger partial charge in [0.15, 0.2) is 0 Å². The maximum atomic E-state index is 11.5. The Kier molecular flexibility index (Phi) is 3.25. The average Bonchev–Trinajstić information content (AvgIpc) is 2.89. The summed E-state index contributed by atoms with van der Waals surface area (Å²) in [6, 6.07) is 19.4. The number of hydrogen-bond acceptors (Lipinski definition) is 2. The molecule has 1 N–H and O–H groups in total. The maximum absolute atomic E-state index is 11.5. The molecule has 3 aromatic rings. The van der Waals surface area contributed by atoms with Crippen molar-refractivity contribution in [1.82, 2.24) is 5.32 Å². The van der Waals surface area contributed by atoms with E-state index >= 15 is 0 Å². The first kappa shape index (κ1) is 12.5. The summed E-state index contributed by atoms with van der Waals surface area (Å²) in [5.41, 5.74) is 1.83. The number of amides is 1. The molecule has 100 valence electrons. The summed E-state index contributed by atoms with van der Waals surface area (Å²) in [6.45, 7) is 1.51. The quantitative estimate of drug-likeness (QED) is 0.785. The number of hydrogen-bond donors (Lipinski definition) is 1. The molecular weight excluding hydrogens is 250 g/mol. The van der Waals surface area contributed by atoms with Crippen LogP contribution in [0.2, 0.25) is 0 Å². The van der Waals surface area contributed by atoms with E-state index in [0.29, 0.717) is 0 Å². The van der Waals surface area contributed by atoms with Crippen molar-refractivity contribution < 1.29 is 9.21 Å². The summed E-state index contributed by atoms with van der Waals surface area (Å²) < 4.78 is 5.87. The Morgan fingerprint density at radius 1 is 1.05 bits per heavy atom. The number of carbonyl (C=O) groups excluding carboxylic acids is 1. The van der Waals surface area contributed by atoms with Crippen molar-refractivity contribution in [2.75, 3.05) is 0 Å². The van der Waals surface area contributed by atoms with Crippen LogP contribution in [0.3, 0.4) is 0 Å². The van der Waals surface area contributed by atoms with E-state index in [-0.39, 0.29) is 11.9 Å². The number of furan rings is 1. The molecule has 0 fully saturated rings. The summed E-state index contributed by atoms with van der Waals surface area (Å²) in [6.07, 6.45) is 0. The Labute approximate surface area is 117 Å². The Morgan fingerprint density at radius 3 is 2.45 bits per heavy atom. The van der Waals surface area contributed by atoms with Crippen LogP contribution in [0.25, 0.3) is 11.0 Å². The third kappa shape index (κ3) is 2.43. The second kappa shape index (κ2) is 5.21. The fraction of sp³-hybridized carbons (Fsp3) is 0.118. The monoisotopic (exact) mass is 265 g/mol. The molecule has 0 radical (unpaired) electrons. The molecule has 1 amide bonds. The zero-order chi connectivity index (χ0) is 13.9. The average molecular weight is 265 g/mol. The lowest BCUT2D eigenvalue weighted by Crippen LogP contribution is -2.26. The van der Waals surface area contributed by atoms with Crippen LogP contribution < -0.4 is 5.32 Å². The van der Waals surface area contributed by atoms with Crippen LogP contribution in [-0.2, 0) is 4.79 Å². The Hall–Kier alpha value is -2.55. The van der Waals surface area contributed by atoms with Gasteiger partial charge in [-0.1, -0.05) is 48.5 Å². The second-order valence-corrected chi connectivity index (χ2v) is 4.73. The van der Waals surface area contributed by atoms with Crippen molar-refractivity contribution in [2.45, 2.75) is 13.0 Å². The lowest BCUT2D eigenvalue weighted by atomic mass is 10.0. The lowest BCUT2D eigenvalue weighted by Gasteiger charge is -2.15. The molecule has 2 aromatic carbocycles. The minimum Gasteiger partial charge on any atom is -0.459 e. The molecular formula is C17H15NO2. The molecule has 0 saturated heterocycles. The predicted octanol–water partition coefficient (Wildman–Crippen LogP) is 3.66. The summed E-state index contributed by atoms with van der Waals surface area (Å²) in [7, 11) is 0. The normalized spacial score (nSPS) is 12.2. The zero-order valence-corrected chi connectivity index (χ0v) is 11.2. The summed E-state index contributed by atoms with van der Waals surface area (Å²) in [5, 5.41) is 3.98. The van der Waals surface area contributed by atoms with Gasteiger partial charge in [-0.3, -0.25) is 4.79 Å². The highest BCUT2D eigenvalue weighted by Crippen LogP contribution is 2.28. The standard InChI is InChI=1S/C17H15NO2/c1-12(19)18-17(13-7-3-2-4-8-13)16-11-14-9-5-6-10-15(14)20-16/h2-11,17H,1H3,(H,18,19). The number of para-hydroxylation sites is 1. The smallest absolute Gasteiger partial charge is 0.217 e. The largest absolute Gasteiger partial charge is 0.459 e. The SMILES string of the molecule is CC(=O)NC(c1ccccc1)c1cc2ccccc2o1. The van der Waals surface area contributed by atoms with Crippen LogP contribution in [0, 0.1) is 0 Å². The first-order valence-electron chi connectivity index (χ1n) is 6.54. The highest BCUT2D eigenvalue weighted by Gasteiger charge is 2.19. The van der Waals surface area contributed by atoms with Gasteiger partial charge in [-0.2, -0.15) is 0 Å². The molecule has 3 heteroatoms. The molecule has 1 unspecified atom stereocenters. The van der Waals surface area contributed by atoms with Gasteiger partial charge in [0.1, 0.15) is 17.4 Å². The maximum Gasteiger partial charge on any atom is 0.217 e. The van der Waals surface area contributed by atoms with E-state index in [2.05, 4.69) is 5.32 Å². The molecule has 0 saturated carbocycles. The summed E-state index contributed by atoms with van der Waals surface area (Å²) in [5.74, 6) is 0.659. The van der Waals surface area contributed by atoms with Crippen LogP contribution in [0.15, 0.2) is 65.1 Å². The van der Waals surface area contributed by atoms with Crippen molar-refractivity contribution in [3.8, 4) is 0 Å².